The summed E-state index contributed by atoms with van der Waals surface area (Å²) < 4.78 is 29.6. The molecule has 0 radical (unpaired) electrons. The molecule has 15 heteroatoms. The van der Waals surface area contributed by atoms with Gasteiger partial charge in [-0.15, -0.1) is 6.58 Å². The normalized spacial score (nSPS) is 15.3. The fraction of sp³-hybridized carbons (Fsp3) is 0.825. The number of hydrogen-bond acceptors (Lipinski definition) is 9. The van der Waals surface area contributed by atoms with Gasteiger partial charge < -0.3 is 30.9 Å². The molecule has 1 atom stereocenters. The highest BCUT2D eigenvalue weighted by Crippen LogP contribution is 2.32. The molecule has 0 aromatic heterocycles. The van der Waals surface area contributed by atoms with Crippen molar-refractivity contribution in [1.29, 1.82) is 0 Å². The maximum Gasteiger partial charge on any atom is 0.315 e. The Morgan fingerprint density at radius 1 is 0.927 bits per heavy atom. The van der Waals surface area contributed by atoms with Crippen LogP contribution < -0.4 is 21.3 Å². The van der Waals surface area contributed by atoms with Crippen molar-refractivity contribution in [3.05, 3.63) is 12.7 Å². The SMILES string of the molecule is C=CCNC(=O)C(=O)CNC=O.CC.CC1CCCN1C(=O)CNC(=O)NC1(CS(=O)(=O)C(C)(C)C)CCCCC1.CCC.CCCCCCCOC.CS. The van der Waals surface area contributed by atoms with E-state index in [1.807, 2.05) is 20.8 Å². The number of nitrogens with zero attached hydrogens (tertiary/aromatic N) is 1. The number of carbonyl (C=O) groups excluding carboxylic acids is 5. The zero-order valence-corrected chi connectivity index (χ0v) is 38.2. The molecule has 2 rings (SSSR count). The van der Waals surface area contributed by atoms with E-state index in [0.717, 1.165) is 45.3 Å². The molecule has 1 saturated heterocycles. The number of sulfone groups is 1. The summed E-state index contributed by atoms with van der Waals surface area (Å²) in [5.41, 5.74) is -0.752. The van der Waals surface area contributed by atoms with Crippen molar-refractivity contribution in [3.63, 3.8) is 0 Å². The second-order valence-electron chi connectivity index (χ2n) is 14.1. The molecule has 1 saturated carbocycles. The largest absolute Gasteiger partial charge is 0.385 e. The van der Waals surface area contributed by atoms with E-state index in [9.17, 15) is 32.4 Å². The zero-order valence-electron chi connectivity index (χ0n) is 36.4. The first-order chi connectivity index (χ1) is 26.0. The lowest BCUT2D eigenvalue weighted by Gasteiger charge is -2.39. The van der Waals surface area contributed by atoms with Crippen LogP contribution in [0.15, 0.2) is 12.7 Å². The Bertz CT molecular complexity index is 1100. The monoisotopic (exact) mass is 824 g/mol. The molecule has 2 fully saturated rings. The fourth-order valence-electron chi connectivity index (χ4n) is 5.29. The van der Waals surface area contributed by atoms with Crippen LogP contribution in [0.5, 0.6) is 0 Å². The van der Waals surface area contributed by atoms with Crippen molar-refractivity contribution in [3.8, 4) is 0 Å². The second-order valence-corrected chi connectivity index (χ2v) is 16.9. The third-order valence-electron chi connectivity index (χ3n) is 8.32. The van der Waals surface area contributed by atoms with Crippen molar-refractivity contribution in [1.82, 2.24) is 26.2 Å². The number of urea groups is 1. The van der Waals surface area contributed by atoms with Crippen molar-refractivity contribution in [2.75, 3.05) is 51.9 Å². The smallest absolute Gasteiger partial charge is 0.315 e. The molecule has 1 unspecified atom stereocenters. The Hall–Kier alpha value is -2.65. The van der Waals surface area contributed by atoms with Gasteiger partial charge in [-0.25, -0.2) is 13.2 Å². The fourth-order valence-corrected chi connectivity index (χ4v) is 6.81. The summed E-state index contributed by atoms with van der Waals surface area (Å²) in [6.45, 7) is 22.5. The van der Waals surface area contributed by atoms with E-state index in [2.05, 4.69) is 61.2 Å². The lowest BCUT2D eigenvalue weighted by atomic mass is 9.83. The number of likely N-dealkylation sites (tertiary alicyclic amines) is 1. The molecule has 0 aromatic carbocycles. The summed E-state index contributed by atoms with van der Waals surface area (Å²) in [4.78, 5) is 57.8. The zero-order chi connectivity index (χ0) is 43.3. The Morgan fingerprint density at radius 3 is 1.95 bits per heavy atom. The number of amides is 5. The maximum absolute atomic E-state index is 12.8. The predicted octanol–water partition coefficient (Wildman–Crippen LogP) is 6.41. The minimum atomic E-state index is -3.37. The highest BCUT2D eigenvalue weighted by Gasteiger charge is 2.42. The molecule has 0 aromatic rings. The van der Waals surface area contributed by atoms with Gasteiger partial charge in [-0.2, -0.15) is 12.6 Å². The summed E-state index contributed by atoms with van der Waals surface area (Å²) >= 11 is 3.53. The molecular weight excluding hydrogens is 743 g/mol. The van der Waals surface area contributed by atoms with Crippen LogP contribution in [-0.2, 0) is 33.8 Å². The molecule has 1 aliphatic heterocycles. The number of ether oxygens (including phenoxy) is 1. The Balaban J connectivity index is -0.000000384. The number of thiol groups is 1. The van der Waals surface area contributed by atoms with E-state index in [-0.39, 0.29) is 37.3 Å². The lowest BCUT2D eigenvalue weighted by molar-refractivity contribution is -0.137. The number of methoxy groups -OCH3 is 1. The first-order valence-electron chi connectivity index (χ1n) is 20.1. The Morgan fingerprint density at radius 2 is 1.49 bits per heavy atom. The quantitative estimate of drug-likeness (QED) is 0.0367. The van der Waals surface area contributed by atoms with Gasteiger partial charge in [0.25, 0.3) is 5.91 Å². The molecule has 0 bridgehead atoms. The number of unbranched alkanes of at least 4 members (excludes halogenated alkanes) is 4. The number of hydrogen-bond donors (Lipinski definition) is 5. The molecule has 13 nitrogen and oxygen atoms in total. The predicted molar refractivity (Wildman–Crippen MR) is 231 cm³/mol. The van der Waals surface area contributed by atoms with Crippen LogP contribution >= 0.6 is 12.6 Å². The third kappa shape index (κ3) is 30.2. The van der Waals surface area contributed by atoms with Gasteiger partial charge in [0, 0.05) is 32.8 Å². The molecule has 1 aliphatic carbocycles. The van der Waals surface area contributed by atoms with Gasteiger partial charge in [-0.05, 0) is 66.1 Å². The number of nitrogens with one attached hydrogen (secondary N) is 4. The number of carbonyl (C=O) groups is 5. The number of Topliss-reactive ketones (excluding diaryl/α,β-unsaturated/α-hetero) is 1. The maximum atomic E-state index is 12.8. The standard InChI is InChI=1S/C19H35N3O4S.C8H18O.C7H10N2O3.C3H8.C2H6.CH4S/c1-15-9-8-12-22(15)16(23)13-20-17(24)21-19(10-6-5-7-11-19)14-27(25,26)18(2,3)4;1-3-4-5-6-7-8-9-2;1-2-3-9-7(12)6(11)4-8-5-10;1-3-2;2*1-2/h15H,5-14H2,1-4H3,(H2,20,21,24);3-8H2,1-2H3;2,5H,1,3-4H2,(H,8,10)(H,9,12);3H2,1-2H3;1-2H3;2H,1H3. The van der Waals surface area contributed by atoms with Crippen LogP contribution in [0.2, 0.25) is 0 Å². The highest BCUT2D eigenvalue weighted by atomic mass is 32.2. The van der Waals surface area contributed by atoms with Crippen LogP contribution in [0.1, 0.15) is 146 Å². The van der Waals surface area contributed by atoms with Crippen molar-refractivity contribution >= 4 is 52.5 Å². The van der Waals surface area contributed by atoms with Crippen LogP contribution in [0, 0.1) is 0 Å². The van der Waals surface area contributed by atoms with Crippen molar-refractivity contribution in [2.24, 2.45) is 0 Å². The third-order valence-corrected chi connectivity index (χ3v) is 11.1. The lowest BCUT2D eigenvalue weighted by Crippen LogP contribution is -2.59. The van der Waals surface area contributed by atoms with Crippen molar-refractivity contribution < 1.29 is 37.1 Å². The Labute approximate surface area is 341 Å². The van der Waals surface area contributed by atoms with Crippen LogP contribution in [0.25, 0.3) is 0 Å². The average Bonchev–Trinajstić information content (AvgIpc) is 3.59. The summed E-state index contributed by atoms with van der Waals surface area (Å²) in [7, 11) is -1.61. The van der Waals surface area contributed by atoms with Gasteiger partial charge in [0.05, 0.1) is 29.1 Å². The summed E-state index contributed by atoms with van der Waals surface area (Å²) in [6, 6.07) is -0.245. The summed E-state index contributed by atoms with van der Waals surface area (Å²) in [6.07, 6.45) is 17.5. The second kappa shape index (κ2) is 37.0. The minimum absolute atomic E-state index is 0.0573. The van der Waals surface area contributed by atoms with Crippen LogP contribution in [0.3, 0.4) is 0 Å². The van der Waals surface area contributed by atoms with Crippen molar-refractivity contribution in [2.45, 2.75) is 162 Å². The topological polar surface area (TPSA) is 180 Å². The van der Waals surface area contributed by atoms with Gasteiger partial charge in [0.1, 0.15) is 0 Å². The molecule has 2 aliphatic rings. The molecule has 4 N–H and O–H groups in total. The van der Waals surface area contributed by atoms with E-state index in [4.69, 9.17) is 4.74 Å². The van der Waals surface area contributed by atoms with Crippen LogP contribution in [-0.4, -0.2) is 112 Å². The van der Waals surface area contributed by atoms with E-state index < -0.39 is 37.8 Å². The Kier molecular flexibility index (Phi) is 39.7. The van der Waals surface area contributed by atoms with Crippen LogP contribution in [0.4, 0.5) is 4.79 Å². The molecule has 326 valence electrons. The molecule has 1 heterocycles. The van der Waals surface area contributed by atoms with Gasteiger partial charge >= 0.3 is 6.03 Å². The van der Waals surface area contributed by atoms with Gasteiger partial charge in [0.15, 0.2) is 9.84 Å². The van der Waals surface area contributed by atoms with E-state index in [1.165, 1.54) is 44.6 Å². The number of ketones is 1. The van der Waals surface area contributed by atoms with Gasteiger partial charge in [-0.1, -0.05) is 92.1 Å². The van der Waals surface area contributed by atoms with Gasteiger partial charge in [0.2, 0.25) is 18.1 Å². The molecular formula is C40H81N5O8S2. The molecule has 55 heavy (non-hydrogen) atoms. The summed E-state index contributed by atoms with van der Waals surface area (Å²) in [5, 5.41) is 9.93. The van der Waals surface area contributed by atoms with E-state index in [0.29, 0.717) is 19.3 Å². The molecule has 0 spiro atoms. The minimum Gasteiger partial charge on any atom is -0.385 e. The van der Waals surface area contributed by atoms with Gasteiger partial charge in [-0.3, -0.25) is 19.2 Å². The average molecular weight is 824 g/mol. The molecule has 5 amide bonds. The van der Waals surface area contributed by atoms with E-state index >= 15 is 0 Å². The first kappa shape index (κ1) is 59.0. The first-order valence-corrected chi connectivity index (χ1v) is 22.7. The van der Waals surface area contributed by atoms with E-state index in [1.54, 1.807) is 39.0 Å². The highest BCUT2D eigenvalue weighted by molar-refractivity contribution is 7.92. The number of rotatable bonds is 17. The summed E-state index contributed by atoms with van der Waals surface area (Å²) in [5.74, 6) is -1.54.